The average Bonchev–Trinajstić information content (AvgIpc) is 2.69. The fourth-order valence-corrected chi connectivity index (χ4v) is 2.19. The molecular weight excluding hydrogens is 299 g/mol. The molecule has 2 rings (SSSR count). The van der Waals surface area contributed by atoms with Crippen LogP contribution in [0.2, 0.25) is 5.02 Å². The van der Waals surface area contributed by atoms with Crippen molar-refractivity contribution in [2.24, 2.45) is 0 Å². The summed E-state index contributed by atoms with van der Waals surface area (Å²) in [7, 11) is 0. The normalized spacial score (nSPS) is 11.8. The molecule has 0 amide bonds. The second-order valence-electron chi connectivity index (χ2n) is 3.80. The molecule has 2 aromatic rings. The van der Waals surface area contributed by atoms with E-state index in [0.717, 1.165) is 12.1 Å². The van der Waals surface area contributed by atoms with Gasteiger partial charge >= 0.3 is 6.18 Å². The summed E-state index contributed by atoms with van der Waals surface area (Å²) in [6, 6.07) is 3.14. The van der Waals surface area contributed by atoms with Gasteiger partial charge in [-0.1, -0.05) is 18.5 Å². The molecule has 8 heteroatoms. The lowest BCUT2D eigenvalue weighted by Gasteiger charge is -2.11. The molecule has 102 valence electrons. The molecule has 0 saturated heterocycles. The second-order valence-corrected chi connectivity index (χ2v) is 4.59. The lowest BCUT2D eigenvalue weighted by Crippen LogP contribution is -2.07. The van der Waals surface area contributed by atoms with Crippen molar-refractivity contribution in [1.82, 2.24) is 14.8 Å². The van der Waals surface area contributed by atoms with Crippen LogP contribution in [-0.2, 0) is 12.6 Å². The summed E-state index contributed by atoms with van der Waals surface area (Å²) in [5.74, 6) is 0.603. The molecule has 3 nitrogen and oxygen atoms in total. The maximum Gasteiger partial charge on any atom is 0.416 e. The van der Waals surface area contributed by atoms with Gasteiger partial charge in [-0.2, -0.15) is 18.3 Å². The van der Waals surface area contributed by atoms with Crippen molar-refractivity contribution in [2.75, 3.05) is 0 Å². The Hall–Kier alpha value is -1.34. The van der Waals surface area contributed by atoms with E-state index in [2.05, 4.69) is 10.2 Å². The number of nitrogens with zero attached hydrogens (tertiary/aromatic N) is 2. The smallest absolute Gasteiger partial charge is 0.271 e. The second kappa shape index (κ2) is 4.97. The first-order valence-electron chi connectivity index (χ1n) is 5.38. The molecule has 1 N–H and O–H groups in total. The van der Waals surface area contributed by atoms with E-state index < -0.39 is 11.7 Å². The zero-order valence-corrected chi connectivity index (χ0v) is 11.3. The van der Waals surface area contributed by atoms with Gasteiger partial charge in [-0.25, -0.2) is 0 Å². The molecule has 1 aromatic heterocycles. The Morgan fingerprint density at radius 1 is 1.42 bits per heavy atom. The zero-order chi connectivity index (χ0) is 14.2. The van der Waals surface area contributed by atoms with Crippen molar-refractivity contribution in [3.63, 3.8) is 0 Å². The van der Waals surface area contributed by atoms with Crippen molar-refractivity contribution in [1.29, 1.82) is 0 Å². The molecule has 0 radical (unpaired) electrons. The molecular formula is C11H9ClF3N3S. The van der Waals surface area contributed by atoms with E-state index in [1.165, 1.54) is 10.6 Å². The first kappa shape index (κ1) is 14.1. The van der Waals surface area contributed by atoms with Crippen molar-refractivity contribution < 1.29 is 13.2 Å². The molecule has 0 aliphatic heterocycles. The Morgan fingerprint density at radius 3 is 2.63 bits per heavy atom. The molecule has 0 fully saturated rings. The number of aromatic amines is 1. The fourth-order valence-electron chi connectivity index (χ4n) is 1.68. The van der Waals surface area contributed by atoms with Crippen molar-refractivity contribution >= 4 is 23.8 Å². The minimum Gasteiger partial charge on any atom is -0.271 e. The fraction of sp³-hybridized carbons (Fsp3) is 0.273. The Bertz CT molecular complexity index is 660. The van der Waals surface area contributed by atoms with Crippen molar-refractivity contribution in [3.8, 4) is 5.69 Å². The molecule has 0 spiro atoms. The first-order chi connectivity index (χ1) is 8.84. The Labute approximate surface area is 117 Å². The first-order valence-corrected chi connectivity index (χ1v) is 6.16. The molecule has 0 atom stereocenters. The lowest BCUT2D eigenvalue weighted by molar-refractivity contribution is -0.137. The molecule has 1 heterocycles. The van der Waals surface area contributed by atoms with E-state index in [1.54, 1.807) is 0 Å². The summed E-state index contributed by atoms with van der Waals surface area (Å²) in [5, 5.41) is 6.56. The predicted molar refractivity (Wildman–Crippen MR) is 68.1 cm³/mol. The highest BCUT2D eigenvalue weighted by Gasteiger charge is 2.31. The third kappa shape index (κ3) is 2.66. The van der Waals surface area contributed by atoms with Gasteiger partial charge in [-0.05, 0) is 30.4 Å². The highest BCUT2D eigenvalue weighted by atomic mass is 35.5. The van der Waals surface area contributed by atoms with Crippen molar-refractivity contribution in [2.45, 2.75) is 19.5 Å². The van der Waals surface area contributed by atoms with E-state index in [1.807, 2.05) is 6.92 Å². The van der Waals surface area contributed by atoms with Crippen LogP contribution in [0.3, 0.4) is 0 Å². The van der Waals surface area contributed by atoms with Gasteiger partial charge in [0.15, 0.2) is 4.77 Å². The molecule has 0 unspecified atom stereocenters. The van der Waals surface area contributed by atoms with Gasteiger partial charge in [0.1, 0.15) is 5.82 Å². The van der Waals surface area contributed by atoms with Gasteiger partial charge < -0.3 is 0 Å². The van der Waals surface area contributed by atoms with Crippen LogP contribution >= 0.6 is 23.8 Å². The molecule has 1 aromatic carbocycles. The largest absolute Gasteiger partial charge is 0.416 e. The Balaban J connectivity index is 2.59. The van der Waals surface area contributed by atoms with Crippen LogP contribution in [0.25, 0.3) is 5.69 Å². The number of H-pyrrole nitrogens is 1. The number of aryl methyl sites for hydroxylation is 1. The topological polar surface area (TPSA) is 33.6 Å². The number of hydrogen-bond donors (Lipinski definition) is 1. The maximum absolute atomic E-state index is 12.6. The number of alkyl halides is 3. The molecule has 0 bridgehead atoms. The summed E-state index contributed by atoms with van der Waals surface area (Å²) >= 11 is 11.0. The van der Waals surface area contributed by atoms with Gasteiger partial charge in [0.05, 0.1) is 16.3 Å². The number of hydrogen-bond acceptors (Lipinski definition) is 2. The van der Waals surface area contributed by atoms with Crippen LogP contribution in [0.4, 0.5) is 13.2 Å². The monoisotopic (exact) mass is 307 g/mol. The van der Waals surface area contributed by atoms with Gasteiger partial charge in [0, 0.05) is 6.42 Å². The van der Waals surface area contributed by atoms with Crippen LogP contribution in [0.1, 0.15) is 18.3 Å². The Kier molecular flexibility index (Phi) is 3.69. The molecule has 19 heavy (non-hydrogen) atoms. The number of benzene rings is 1. The van der Waals surface area contributed by atoms with E-state index in [-0.39, 0.29) is 5.02 Å². The van der Waals surface area contributed by atoms with Crippen LogP contribution in [0, 0.1) is 4.77 Å². The predicted octanol–water partition coefficient (Wildman–Crippen LogP) is 4.16. The van der Waals surface area contributed by atoms with Crippen LogP contribution < -0.4 is 0 Å². The van der Waals surface area contributed by atoms with Crippen LogP contribution in [0.5, 0.6) is 0 Å². The third-order valence-corrected chi connectivity index (χ3v) is 3.15. The SMILES string of the molecule is CCc1n[nH]c(=S)n1-c1ccc(C(F)(F)F)cc1Cl. The van der Waals surface area contributed by atoms with E-state index in [9.17, 15) is 13.2 Å². The summed E-state index contributed by atoms with van der Waals surface area (Å²) in [6.07, 6.45) is -3.85. The summed E-state index contributed by atoms with van der Waals surface area (Å²) < 4.78 is 39.5. The lowest BCUT2D eigenvalue weighted by atomic mass is 10.2. The number of halogens is 4. The van der Waals surface area contributed by atoms with E-state index in [4.69, 9.17) is 23.8 Å². The van der Waals surface area contributed by atoms with Crippen LogP contribution in [-0.4, -0.2) is 14.8 Å². The Morgan fingerprint density at radius 2 is 2.11 bits per heavy atom. The standard InChI is InChI=1S/C11H9ClF3N3S/c1-2-9-16-17-10(19)18(9)8-4-3-6(5-7(8)12)11(13,14)15/h3-5H,2H2,1H3,(H,17,19). The minimum atomic E-state index is -4.42. The summed E-state index contributed by atoms with van der Waals surface area (Å²) in [5.41, 5.74) is -0.417. The minimum absolute atomic E-state index is 0.0259. The highest BCUT2D eigenvalue weighted by molar-refractivity contribution is 7.71. The average molecular weight is 308 g/mol. The van der Waals surface area contributed by atoms with Crippen LogP contribution in [0.15, 0.2) is 18.2 Å². The molecule has 0 saturated carbocycles. The zero-order valence-electron chi connectivity index (χ0n) is 9.75. The maximum atomic E-state index is 12.6. The highest BCUT2D eigenvalue weighted by Crippen LogP contribution is 2.33. The molecule has 0 aliphatic rings. The van der Waals surface area contributed by atoms with Gasteiger partial charge in [-0.3, -0.25) is 9.67 Å². The third-order valence-electron chi connectivity index (χ3n) is 2.57. The number of rotatable bonds is 2. The van der Waals surface area contributed by atoms with E-state index in [0.29, 0.717) is 22.7 Å². The summed E-state index contributed by atoms with van der Waals surface area (Å²) in [4.78, 5) is 0. The summed E-state index contributed by atoms with van der Waals surface area (Å²) in [6.45, 7) is 1.86. The van der Waals surface area contributed by atoms with Gasteiger partial charge in [-0.15, -0.1) is 0 Å². The van der Waals surface area contributed by atoms with Gasteiger partial charge in [0.25, 0.3) is 0 Å². The van der Waals surface area contributed by atoms with Crippen molar-refractivity contribution in [3.05, 3.63) is 39.4 Å². The van der Waals surface area contributed by atoms with Gasteiger partial charge in [0.2, 0.25) is 0 Å². The molecule has 0 aliphatic carbocycles. The quantitative estimate of drug-likeness (QED) is 0.845. The van der Waals surface area contributed by atoms with E-state index >= 15 is 0 Å². The number of aromatic nitrogens is 3. The number of nitrogens with one attached hydrogen (secondary N) is 1.